The summed E-state index contributed by atoms with van der Waals surface area (Å²) in [4.78, 5) is 4.06. The number of hydrogen-bond acceptors (Lipinski definition) is 4. The molecule has 5 nitrogen and oxygen atoms in total. The Labute approximate surface area is 108 Å². The Bertz CT molecular complexity index is 483. The van der Waals surface area contributed by atoms with E-state index in [2.05, 4.69) is 15.0 Å². The van der Waals surface area contributed by atoms with E-state index in [1.807, 2.05) is 7.05 Å². The molecule has 0 bridgehead atoms. The summed E-state index contributed by atoms with van der Waals surface area (Å²) in [5.74, 6) is 0. The molecule has 2 N–H and O–H groups in total. The Hall–Kier alpha value is -0.980. The van der Waals surface area contributed by atoms with Crippen LogP contribution in [0.4, 0.5) is 0 Å². The normalized spacial score (nSPS) is 18.3. The van der Waals surface area contributed by atoms with E-state index >= 15 is 0 Å². The highest BCUT2D eigenvalue weighted by Gasteiger charge is 2.37. The SMILES string of the molecule is CNCC1(CNS(=O)(=O)c2cccnc2)CCC1. The van der Waals surface area contributed by atoms with Crippen LogP contribution in [0, 0.1) is 5.41 Å². The molecule has 0 spiro atoms. The summed E-state index contributed by atoms with van der Waals surface area (Å²) >= 11 is 0. The van der Waals surface area contributed by atoms with Crippen molar-refractivity contribution in [1.82, 2.24) is 15.0 Å². The molecule has 0 saturated heterocycles. The fourth-order valence-electron chi connectivity index (χ4n) is 2.31. The summed E-state index contributed by atoms with van der Waals surface area (Å²) in [6, 6.07) is 3.18. The van der Waals surface area contributed by atoms with Crippen molar-refractivity contribution < 1.29 is 8.42 Å². The maximum absolute atomic E-state index is 12.1. The number of pyridine rings is 1. The van der Waals surface area contributed by atoms with Crippen LogP contribution in [0.2, 0.25) is 0 Å². The summed E-state index contributed by atoms with van der Waals surface area (Å²) in [5, 5.41) is 3.14. The monoisotopic (exact) mass is 269 g/mol. The van der Waals surface area contributed by atoms with Crippen molar-refractivity contribution in [1.29, 1.82) is 0 Å². The first-order valence-electron chi connectivity index (χ1n) is 6.12. The smallest absolute Gasteiger partial charge is 0.242 e. The lowest BCUT2D eigenvalue weighted by Crippen LogP contribution is -2.47. The van der Waals surface area contributed by atoms with Crippen molar-refractivity contribution >= 4 is 10.0 Å². The van der Waals surface area contributed by atoms with Crippen LogP contribution in [-0.4, -0.2) is 33.5 Å². The predicted molar refractivity (Wildman–Crippen MR) is 69.6 cm³/mol. The van der Waals surface area contributed by atoms with Crippen LogP contribution in [0.5, 0.6) is 0 Å². The van der Waals surface area contributed by atoms with Gasteiger partial charge in [-0.25, -0.2) is 13.1 Å². The van der Waals surface area contributed by atoms with Crippen LogP contribution in [0.1, 0.15) is 19.3 Å². The second-order valence-electron chi connectivity index (χ2n) is 4.90. The lowest BCUT2D eigenvalue weighted by Gasteiger charge is -2.41. The number of aromatic nitrogens is 1. The van der Waals surface area contributed by atoms with Crippen molar-refractivity contribution in [2.75, 3.05) is 20.1 Å². The molecular formula is C12H19N3O2S. The third-order valence-corrected chi connectivity index (χ3v) is 4.93. The zero-order chi connectivity index (χ0) is 13.1. The van der Waals surface area contributed by atoms with Gasteiger partial charge in [-0.1, -0.05) is 6.42 Å². The molecule has 1 saturated carbocycles. The van der Waals surface area contributed by atoms with Gasteiger partial charge in [0.15, 0.2) is 0 Å². The van der Waals surface area contributed by atoms with Gasteiger partial charge in [-0.05, 0) is 37.4 Å². The highest BCUT2D eigenvalue weighted by atomic mass is 32.2. The van der Waals surface area contributed by atoms with E-state index in [4.69, 9.17) is 0 Å². The number of nitrogens with zero attached hydrogens (tertiary/aromatic N) is 1. The highest BCUT2D eigenvalue weighted by Crippen LogP contribution is 2.39. The van der Waals surface area contributed by atoms with Gasteiger partial charge >= 0.3 is 0 Å². The molecule has 2 rings (SSSR count). The van der Waals surface area contributed by atoms with Crippen LogP contribution in [0.3, 0.4) is 0 Å². The fourth-order valence-corrected chi connectivity index (χ4v) is 3.43. The summed E-state index contributed by atoms with van der Waals surface area (Å²) in [6.45, 7) is 1.34. The Morgan fingerprint density at radius 3 is 2.67 bits per heavy atom. The van der Waals surface area contributed by atoms with E-state index in [0.717, 1.165) is 19.4 Å². The lowest BCUT2D eigenvalue weighted by atomic mass is 9.69. The second kappa shape index (κ2) is 5.34. The maximum atomic E-state index is 12.1. The van der Waals surface area contributed by atoms with Crippen LogP contribution < -0.4 is 10.0 Å². The van der Waals surface area contributed by atoms with Gasteiger partial charge in [-0.3, -0.25) is 4.98 Å². The standard InChI is InChI=1S/C12H19N3O2S/c1-13-9-12(5-3-6-12)10-15-18(16,17)11-4-2-7-14-8-11/h2,4,7-8,13,15H,3,5-6,9-10H2,1H3. The molecule has 0 atom stereocenters. The van der Waals surface area contributed by atoms with Crippen LogP contribution >= 0.6 is 0 Å². The molecule has 1 aliphatic carbocycles. The first kappa shape index (κ1) is 13.5. The molecule has 1 aromatic rings. The van der Waals surface area contributed by atoms with E-state index in [-0.39, 0.29) is 10.3 Å². The predicted octanol–water partition coefficient (Wildman–Crippen LogP) is 0.750. The molecule has 0 aliphatic heterocycles. The van der Waals surface area contributed by atoms with Gasteiger partial charge in [0.05, 0.1) is 0 Å². The van der Waals surface area contributed by atoms with E-state index in [9.17, 15) is 8.42 Å². The lowest BCUT2D eigenvalue weighted by molar-refractivity contribution is 0.139. The molecule has 6 heteroatoms. The minimum absolute atomic E-state index is 0.0873. The van der Waals surface area contributed by atoms with Gasteiger partial charge in [0.1, 0.15) is 4.90 Å². The Kier molecular flexibility index (Phi) is 3.99. The topological polar surface area (TPSA) is 71.1 Å². The van der Waals surface area contributed by atoms with Gasteiger partial charge in [-0.15, -0.1) is 0 Å². The number of hydrogen-bond donors (Lipinski definition) is 2. The van der Waals surface area contributed by atoms with Crippen LogP contribution in [0.15, 0.2) is 29.4 Å². The molecular weight excluding hydrogens is 250 g/mol. The third-order valence-electron chi connectivity index (χ3n) is 3.55. The molecule has 0 radical (unpaired) electrons. The zero-order valence-corrected chi connectivity index (χ0v) is 11.3. The molecule has 1 aromatic heterocycles. The van der Waals surface area contributed by atoms with Crippen LogP contribution in [-0.2, 0) is 10.0 Å². The number of nitrogens with one attached hydrogen (secondary N) is 2. The maximum Gasteiger partial charge on any atom is 0.242 e. The Morgan fingerprint density at radius 2 is 2.17 bits per heavy atom. The van der Waals surface area contributed by atoms with Gasteiger partial charge in [0.2, 0.25) is 10.0 Å². The minimum Gasteiger partial charge on any atom is -0.319 e. The quantitative estimate of drug-likeness (QED) is 0.799. The van der Waals surface area contributed by atoms with E-state index in [1.54, 1.807) is 18.3 Å². The molecule has 0 aromatic carbocycles. The molecule has 1 aliphatic rings. The van der Waals surface area contributed by atoms with E-state index < -0.39 is 10.0 Å². The third kappa shape index (κ3) is 2.88. The fraction of sp³-hybridized carbons (Fsp3) is 0.583. The van der Waals surface area contributed by atoms with Gasteiger partial charge in [-0.2, -0.15) is 0 Å². The minimum atomic E-state index is -3.43. The molecule has 100 valence electrons. The van der Waals surface area contributed by atoms with Crippen LogP contribution in [0.25, 0.3) is 0 Å². The Morgan fingerprint density at radius 1 is 1.39 bits per heavy atom. The number of sulfonamides is 1. The molecule has 0 amide bonds. The van der Waals surface area contributed by atoms with Crippen molar-refractivity contribution in [2.24, 2.45) is 5.41 Å². The Balaban J connectivity index is 2.01. The van der Waals surface area contributed by atoms with Gasteiger partial charge in [0.25, 0.3) is 0 Å². The first-order valence-corrected chi connectivity index (χ1v) is 7.61. The van der Waals surface area contributed by atoms with Gasteiger partial charge < -0.3 is 5.32 Å². The average molecular weight is 269 g/mol. The largest absolute Gasteiger partial charge is 0.319 e. The molecule has 18 heavy (non-hydrogen) atoms. The van der Waals surface area contributed by atoms with E-state index in [0.29, 0.717) is 6.54 Å². The zero-order valence-electron chi connectivity index (χ0n) is 10.5. The average Bonchev–Trinajstić information content (AvgIpc) is 2.33. The van der Waals surface area contributed by atoms with Gasteiger partial charge in [0, 0.05) is 25.5 Å². The van der Waals surface area contributed by atoms with Crippen molar-refractivity contribution in [2.45, 2.75) is 24.2 Å². The first-order chi connectivity index (χ1) is 8.58. The van der Waals surface area contributed by atoms with Crippen molar-refractivity contribution in [3.63, 3.8) is 0 Å². The number of rotatable bonds is 6. The van der Waals surface area contributed by atoms with Crippen molar-refractivity contribution in [3.05, 3.63) is 24.5 Å². The second-order valence-corrected chi connectivity index (χ2v) is 6.66. The van der Waals surface area contributed by atoms with Crippen molar-refractivity contribution in [3.8, 4) is 0 Å². The summed E-state index contributed by atoms with van der Waals surface area (Å²) < 4.78 is 26.8. The molecule has 0 unspecified atom stereocenters. The molecule has 1 fully saturated rings. The summed E-state index contributed by atoms with van der Waals surface area (Å²) in [5.41, 5.74) is 0.0873. The summed E-state index contributed by atoms with van der Waals surface area (Å²) in [7, 11) is -1.53. The van der Waals surface area contributed by atoms with E-state index in [1.165, 1.54) is 12.6 Å². The molecule has 1 heterocycles. The highest BCUT2D eigenvalue weighted by molar-refractivity contribution is 7.89. The summed E-state index contributed by atoms with van der Waals surface area (Å²) in [6.07, 6.45) is 6.25.